The van der Waals surface area contributed by atoms with Gasteiger partial charge in [0.15, 0.2) is 0 Å². The Morgan fingerprint density at radius 1 is 0.600 bits per heavy atom. The predicted octanol–water partition coefficient (Wildman–Crippen LogP) is 0.502. The topological polar surface area (TPSA) is 85.5 Å². The number of hydrogen-bond donors (Lipinski definition) is 0. The Balaban J connectivity index is 0. The van der Waals surface area contributed by atoms with Crippen molar-refractivity contribution < 1.29 is 42.3 Å². The summed E-state index contributed by atoms with van der Waals surface area (Å²) in [6.45, 7) is 0. The quantitative estimate of drug-likeness (QED) is 0.421. The van der Waals surface area contributed by atoms with Gasteiger partial charge in [-0.25, -0.2) is 0 Å². The molecule has 0 saturated carbocycles. The van der Waals surface area contributed by atoms with E-state index < -0.39 is 0 Å². The second kappa shape index (κ2) is 65.0. The maximum Gasteiger partial charge on any atom is 3.00 e. The predicted molar refractivity (Wildman–Crippen MR) is 8.98 cm³/mol. The van der Waals surface area contributed by atoms with Gasteiger partial charge in [-0.1, -0.05) is 0 Å². The molecule has 0 atom stereocenters. The monoisotopic (exact) mass is 124 g/mol. The summed E-state index contributed by atoms with van der Waals surface area (Å²) in [6, 6.07) is 0. The summed E-state index contributed by atoms with van der Waals surface area (Å²) < 4.78 is 0. The van der Waals surface area contributed by atoms with Gasteiger partial charge in [0.05, 0.1) is 0 Å². The largest absolute Gasteiger partial charge is 3.00 e. The third-order valence-electron chi connectivity index (χ3n) is 0. The second-order valence-corrected chi connectivity index (χ2v) is 0. The molecular weight excluding hydrogens is 124 g/mol. The van der Waals surface area contributed by atoms with Crippen LogP contribution in [0.1, 0.15) is 0 Å². The van der Waals surface area contributed by atoms with Crippen molar-refractivity contribution in [3.05, 3.63) is 0 Å². The normalized spacial score (nSPS) is 0. The van der Waals surface area contributed by atoms with Crippen LogP contribution in [0, 0.1) is 0 Å². The molecule has 0 heterocycles. The molecule has 0 fully saturated rings. The van der Waals surface area contributed by atoms with Crippen molar-refractivity contribution >= 4 is 9.90 Å². The first-order chi connectivity index (χ1) is 0. The molecule has 26 valence electrons. The standard InChI is InChI=1S/3O.P.Sc/q3*-2;2*+3. The third kappa shape index (κ3) is 37.6. The van der Waals surface area contributed by atoms with Crippen molar-refractivity contribution in [2.45, 2.75) is 0 Å². The third-order valence-corrected chi connectivity index (χ3v) is 0. The molecule has 0 aliphatic rings. The summed E-state index contributed by atoms with van der Waals surface area (Å²) >= 11 is 0. The fourth-order valence-electron chi connectivity index (χ4n) is 0. The average Bonchev–Trinajstić information content (AvgIpc) is 0. The van der Waals surface area contributed by atoms with E-state index in [1.807, 2.05) is 0 Å². The van der Waals surface area contributed by atoms with Crippen molar-refractivity contribution in [1.29, 1.82) is 0 Å². The van der Waals surface area contributed by atoms with E-state index in [0.29, 0.717) is 0 Å². The van der Waals surface area contributed by atoms with Gasteiger partial charge in [0.2, 0.25) is 0 Å². The Hall–Kier alpha value is 1.18. The molecule has 0 N–H and O–H groups in total. The van der Waals surface area contributed by atoms with E-state index in [1.165, 1.54) is 0 Å². The molecule has 0 bridgehead atoms. The minimum atomic E-state index is 0. The van der Waals surface area contributed by atoms with E-state index in [1.54, 1.807) is 0 Å². The van der Waals surface area contributed by atoms with E-state index in [4.69, 9.17) is 0 Å². The molecule has 0 unspecified atom stereocenters. The van der Waals surface area contributed by atoms with Crippen molar-refractivity contribution in [1.82, 2.24) is 0 Å². The van der Waals surface area contributed by atoms with E-state index in [0.717, 1.165) is 0 Å². The van der Waals surface area contributed by atoms with Crippen LogP contribution in [0.4, 0.5) is 0 Å². The van der Waals surface area contributed by atoms with Crippen LogP contribution in [0.2, 0.25) is 0 Å². The molecule has 0 spiro atoms. The summed E-state index contributed by atoms with van der Waals surface area (Å²) in [6.07, 6.45) is 0. The van der Waals surface area contributed by atoms with Crippen LogP contribution in [0.5, 0.6) is 0 Å². The molecule has 0 saturated heterocycles. The average molecular weight is 124 g/mol. The minimum Gasteiger partial charge on any atom is -2.00 e. The van der Waals surface area contributed by atoms with Crippen molar-refractivity contribution in [2.24, 2.45) is 0 Å². The van der Waals surface area contributed by atoms with E-state index in [2.05, 4.69) is 0 Å². The Morgan fingerprint density at radius 2 is 0.600 bits per heavy atom. The van der Waals surface area contributed by atoms with Crippen LogP contribution in [0.25, 0.3) is 0 Å². The van der Waals surface area contributed by atoms with Crippen LogP contribution in [0.15, 0.2) is 0 Å². The molecule has 3 nitrogen and oxygen atoms in total. The van der Waals surface area contributed by atoms with Crippen molar-refractivity contribution in [3.8, 4) is 0 Å². The minimum absolute atomic E-state index is 0. The van der Waals surface area contributed by atoms with Crippen LogP contribution in [-0.4, -0.2) is 0 Å². The SMILES string of the molecule is [O-2].[O-2].[O-2].[P+3].[Sc+3]. The van der Waals surface area contributed by atoms with Gasteiger partial charge in [-0.05, 0) is 0 Å². The van der Waals surface area contributed by atoms with E-state index in [-0.39, 0.29) is 52.2 Å². The maximum atomic E-state index is 0. The van der Waals surface area contributed by atoms with Gasteiger partial charge >= 0.3 is 35.7 Å². The number of hydrogen-bond acceptors (Lipinski definition) is 0. The Bertz CT molecular complexity index is 6.85. The smallest absolute Gasteiger partial charge is 2.00 e. The molecule has 2 radical (unpaired) electrons. The van der Waals surface area contributed by atoms with Crippen LogP contribution in [0.3, 0.4) is 0 Å². The molecule has 5 heteroatoms. The first-order valence-corrected chi connectivity index (χ1v) is 0. The molecule has 0 aromatic rings. The fraction of sp³-hybridized carbons (Fsp3) is 0. The van der Waals surface area contributed by atoms with Gasteiger partial charge < -0.3 is 16.4 Å². The summed E-state index contributed by atoms with van der Waals surface area (Å²) in [4.78, 5) is 0. The Labute approximate surface area is 52.5 Å². The van der Waals surface area contributed by atoms with Gasteiger partial charge in [0.25, 0.3) is 0 Å². The molecule has 0 aromatic heterocycles. The Morgan fingerprint density at radius 3 is 0.600 bits per heavy atom. The zero-order valence-corrected chi connectivity index (χ0v) is 4.95. The van der Waals surface area contributed by atoms with Gasteiger partial charge in [-0.2, -0.15) is 0 Å². The summed E-state index contributed by atoms with van der Waals surface area (Å²) in [5.41, 5.74) is 0. The van der Waals surface area contributed by atoms with Crippen molar-refractivity contribution in [2.75, 3.05) is 0 Å². The first kappa shape index (κ1) is 119. The molecule has 0 rings (SSSR count). The van der Waals surface area contributed by atoms with Gasteiger partial charge in [0, 0.05) is 0 Å². The maximum absolute atomic E-state index is 0. The van der Waals surface area contributed by atoms with Crippen LogP contribution >= 0.6 is 9.90 Å². The van der Waals surface area contributed by atoms with Crippen molar-refractivity contribution in [3.63, 3.8) is 0 Å². The number of rotatable bonds is 0. The molecule has 5 heavy (non-hydrogen) atoms. The van der Waals surface area contributed by atoms with Gasteiger partial charge in [0.1, 0.15) is 0 Å². The van der Waals surface area contributed by atoms with Gasteiger partial charge in [-0.15, -0.1) is 0 Å². The zero-order valence-electron chi connectivity index (χ0n) is 2.25. The summed E-state index contributed by atoms with van der Waals surface area (Å²) in [7, 11) is 0. The Kier molecular flexibility index (Phi) is 1550. The molecular formula is O3PSc. The molecule has 0 aromatic carbocycles. The van der Waals surface area contributed by atoms with Gasteiger partial charge in [-0.3, -0.25) is 0 Å². The first-order valence-electron chi connectivity index (χ1n) is 0. The van der Waals surface area contributed by atoms with Crippen LogP contribution in [-0.2, 0) is 42.3 Å². The van der Waals surface area contributed by atoms with Crippen LogP contribution < -0.4 is 0 Å². The fourth-order valence-corrected chi connectivity index (χ4v) is 0. The van der Waals surface area contributed by atoms with E-state index >= 15 is 0 Å². The summed E-state index contributed by atoms with van der Waals surface area (Å²) in [5.74, 6) is 0. The zero-order chi connectivity index (χ0) is 0. The molecule has 0 amide bonds. The molecule has 0 aliphatic carbocycles. The molecule has 0 aliphatic heterocycles. The second-order valence-electron chi connectivity index (χ2n) is 0. The summed E-state index contributed by atoms with van der Waals surface area (Å²) in [5, 5.41) is 0. The van der Waals surface area contributed by atoms with E-state index in [9.17, 15) is 0 Å².